The van der Waals surface area contributed by atoms with Crippen LogP contribution >= 0.6 is 0 Å². The lowest BCUT2D eigenvalue weighted by molar-refractivity contribution is 0.0996. The molecule has 5 nitrogen and oxygen atoms in total. The highest BCUT2D eigenvalue weighted by atomic mass is 16.2. The van der Waals surface area contributed by atoms with Gasteiger partial charge in [-0.2, -0.15) is 0 Å². The van der Waals surface area contributed by atoms with Gasteiger partial charge in [-0.15, -0.1) is 0 Å². The van der Waals surface area contributed by atoms with Crippen LogP contribution in [0.2, 0.25) is 0 Å². The molecule has 3 aromatic carbocycles. The van der Waals surface area contributed by atoms with Crippen LogP contribution < -0.4 is 10.2 Å². The maximum Gasteiger partial charge on any atom is 0.256 e. The van der Waals surface area contributed by atoms with Crippen LogP contribution in [0.1, 0.15) is 38.8 Å². The van der Waals surface area contributed by atoms with Gasteiger partial charge >= 0.3 is 0 Å². The Morgan fingerprint density at radius 1 is 0.844 bits per heavy atom. The van der Waals surface area contributed by atoms with Gasteiger partial charge in [-0.1, -0.05) is 55.5 Å². The summed E-state index contributed by atoms with van der Waals surface area (Å²) in [5, 5.41) is 2.97. The van der Waals surface area contributed by atoms with Gasteiger partial charge in [0.25, 0.3) is 5.91 Å². The summed E-state index contributed by atoms with van der Waals surface area (Å²) in [6, 6.07) is 22.0. The van der Waals surface area contributed by atoms with E-state index in [0.717, 1.165) is 44.0 Å². The lowest BCUT2D eigenvalue weighted by Crippen LogP contribution is -2.46. The molecule has 1 fully saturated rings. The van der Waals surface area contributed by atoms with Crippen molar-refractivity contribution in [2.24, 2.45) is 0 Å². The molecule has 0 unspecified atom stereocenters. The number of hydrogen-bond donors (Lipinski definition) is 1. The first-order chi connectivity index (χ1) is 15.6. The highest BCUT2D eigenvalue weighted by Gasteiger charge is 2.20. The summed E-state index contributed by atoms with van der Waals surface area (Å²) in [7, 11) is 0. The summed E-state index contributed by atoms with van der Waals surface area (Å²) in [5.41, 5.74) is 4.40. The number of ketones is 1. The minimum Gasteiger partial charge on any atom is -0.369 e. The third kappa shape index (κ3) is 4.73. The standard InChI is InChI=1S/C27H29N3O2/c1-3-29-15-17-30(18-16-29)25-14-13-22(19-20(25)2)28-27(32)24-12-8-7-11-23(24)26(31)21-9-5-4-6-10-21/h4-14,19H,3,15-18H2,1-2H3,(H,28,32). The van der Waals surface area contributed by atoms with E-state index in [1.807, 2.05) is 30.3 Å². The molecule has 4 rings (SSSR count). The Hall–Kier alpha value is -3.44. The molecular formula is C27H29N3O2. The number of nitrogens with one attached hydrogen (secondary N) is 1. The van der Waals surface area contributed by atoms with Gasteiger partial charge in [0.05, 0.1) is 5.56 Å². The average molecular weight is 428 g/mol. The van der Waals surface area contributed by atoms with Crippen LogP contribution in [0.15, 0.2) is 72.8 Å². The third-order valence-corrected chi connectivity index (χ3v) is 6.07. The molecule has 164 valence electrons. The number of nitrogens with zero attached hydrogens (tertiary/aromatic N) is 2. The molecule has 0 aromatic heterocycles. The van der Waals surface area contributed by atoms with E-state index in [0.29, 0.717) is 16.7 Å². The van der Waals surface area contributed by atoms with Crippen molar-refractivity contribution in [1.29, 1.82) is 0 Å². The van der Waals surface area contributed by atoms with Crippen molar-refractivity contribution in [3.05, 3.63) is 95.1 Å². The number of carbonyl (C=O) groups excluding carboxylic acids is 2. The molecule has 0 bridgehead atoms. The van der Waals surface area contributed by atoms with Gasteiger partial charge in [-0.3, -0.25) is 9.59 Å². The Balaban J connectivity index is 1.50. The van der Waals surface area contributed by atoms with Crippen molar-refractivity contribution in [3.8, 4) is 0 Å². The monoisotopic (exact) mass is 427 g/mol. The zero-order valence-electron chi connectivity index (χ0n) is 18.7. The zero-order valence-corrected chi connectivity index (χ0v) is 18.7. The summed E-state index contributed by atoms with van der Waals surface area (Å²) < 4.78 is 0. The van der Waals surface area contributed by atoms with E-state index < -0.39 is 0 Å². The summed E-state index contributed by atoms with van der Waals surface area (Å²) in [6.45, 7) is 9.52. The smallest absolute Gasteiger partial charge is 0.256 e. The van der Waals surface area contributed by atoms with Crippen LogP contribution in [0.5, 0.6) is 0 Å². The average Bonchev–Trinajstić information content (AvgIpc) is 2.84. The van der Waals surface area contributed by atoms with E-state index >= 15 is 0 Å². The van der Waals surface area contributed by atoms with E-state index in [2.05, 4.69) is 35.0 Å². The van der Waals surface area contributed by atoms with E-state index in [4.69, 9.17) is 0 Å². The van der Waals surface area contributed by atoms with Gasteiger partial charge in [-0.05, 0) is 43.3 Å². The molecule has 1 saturated heterocycles. The predicted molar refractivity (Wildman–Crippen MR) is 130 cm³/mol. The van der Waals surface area contributed by atoms with Crippen molar-refractivity contribution in [2.45, 2.75) is 13.8 Å². The van der Waals surface area contributed by atoms with Crippen LogP contribution in [0, 0.1) is 6.92 Å². The number of piperazine rings is 1. The molecule has 3 aromatic rings. The fourth-order valence-electron chi connectivity index (χ4n) is 4.22. The topological polar surface area (TPSA) is 52.6 Å². The van der Waals surface area contributed by atoms with Crippen LogP contribution in [-0.4, -0.2) is 49.3 Å². The number of likely N-dealkylation sites (N-methyl/N-ethyl adjacent to an activating group) is 1. The fraction of sp³-hybridized carbons (Fsp3) is 0.259. The molecule has 1 aliphatic rings. The Labute approximate surface area is 189 Å². The first-order valence-electron chi connectivity index (χ1n) is 11.1. The molecule has 0 radical (unpaired) electrons. The molecular weight excluding hydrogens is 398 g/mol. The molecule has 1 N–H and O–H groups in total. The van der Waals surface area contributed by atoms with Gasteiger partial charge in [0, 0.05) is 48.7 Å². The van der Waals surface area contributed by atoms with E-state index in [9.17, 15) is 9.59 Å². The molecule has 32 heavy (non-hydrogen) atoms. The Kier molecular flexibility index (Phi) is 6.66. The Morgan fingerprint density at radius 2 is 1.50 bits per heavy atom. The minimum absolute atomic E-state index is 0.158. The SMILES string of the molecule is CCN1CCN(c2ccc(NC(=O)c3ccccc3C(=O)c3ccccc3)cc2C)CC1. The number of carbonyl (C=O) groups is 2. The van der Waals surface area contributed by atoms with Crippen molar-refractivity contribution in [1.82, 2.24) is 4.90 Å². The second-order valence-corrected chi connectivity index (χ2v) is 8.12. The molecule has 1 aliphatic heterocycles. The van der Waals surface area contributed by atoms with Crippen LogP contribution in [-0.2, 0) is 0 Å². The van der Waals surface area contributed by atoms with Crippen LogP contribution in [0.25, 0.3) is 0 Å². The quantitative estimate of drug-likeness (QED) is 0.583. The van der Waals surface area contributed by atoms with Gasteiger partial charge in [0.1, 0.15) is 0 Å². The first kappa shape index (κ1) is 21.8. The first-order valence-corrected chi connectivity index (χ1v) is 11.1. The lowest BCUT2D eigenvalue weighted by Gasteiger charge is -2.36. The number of aryl methyl sites for hydroxylation is 1. The number of benzene rings is 3. The summed E-state index contributed by atoms with van der Waals surface area (Å²) >= 11 is 0. The molecule has 0 saturated carbocycles. The van der Waals surface area contributed by atoms with Crippen molar-refractivity contribution >= 4 is 23.1 Å². The molecule has 1 amide bonds. The number of anilines is 2. The van der Waals surface area contributed by atoms with E-state index in [-0.39, 0.29) is 11.7 Å². The van der Waals surface area contributed by atoms with Crippen LogP contribution in [0.3, 0.4) is 0 Å². The third-order valence-electron chi connectivity index (χ3n) is 6.07. The fourth-order valence-corrected chi connectivity index (χ4v) is 4.22. The van der Waals surface area contributed by atoms with Crippen molar-refractivity contribution < 1.29 is 9.59 Å². The molecule has 5 heteroatoms. The van der Waals surface area contributed by atoms with E-state index in [1.165, 1.54) is 5.69 Å². The van der Waals surface area contributed by atoms with Gasteiger partial charge < -0.3 is 15.1 Å². The second kappa shape index (κ2) is 9.79. The highest BCUT2D eigenvalue weighted by molar-refractivity contribution is 6.17. The Bertz CT molecular complexity index is 1100. The molecule has 0 aliphatic carbocycles. The summed E-state index contributed by atoms with van der Waals surface area (Å²) in [5.74, 6) is -0.442. The maximum atomic E-state index is 13.1. The van der Waals surface area contributed by atoms with E-state index in [1.54, 1.807) is 36.4 Å². The molecule has 0 spiro atoms. The van der Waals surface area contributed by atoms with Crippen LogP contribution in [0.4, 0.5) is 11.4 Å². The number of hydrogen-bond acceptors (Lipinski definition) is 4. The minimum atomic E-state index is -0.284. The van der Waals surface area contributed by atoms with Gasteiger partial charge in [0.2, 0.25) is 0 Å². The predicted octanol–water partition coefficient (Wildman–Crippen LogP) is 4.62. The maximum absolute atomic E-state index is 13.1. The normalized spacial score (nSPS) is 14.2. The number of rotatable bonds is 6. The Morgan fingerprint density at radius 3 is 2.16 bits per heavy atom. The highest BCUT2D eigenvalue weighted by Crippen LogP contribution is 2.25. The molecule has 0 atom stereocenters. The second-order valence-electron chi connectivity index (χ2n) is 8.12. The lowest BCUT2D eigenvalue weighted by atomic mass is 9.98. The zero-order chi connectivity index (χ0) is 22.5. The van der Waals surface area contributed by atoms with Gasteiger partial charge in [0.15, 0.2) is 5.78 Å². The summed E-state index contributed by atoms with van der Waals surface area (Å²) in [4.78, 5) is 30.9. The molecule has 1 heterocycles. The van der Waals surface area contributed by atoms with Gasteiger partial charge in [-0.25, -0.2) is 0 Å². The van der Waals surface area contributed by atoms with Crippen molar-refractivity contribution in [2.75, 3.05) is 42.9 Å². The van der Waals surface area contributed by atoms with Crippen molar-refractivity contribution in [3.63, 3.8) is 0 Å². The largest absolute Gasteiger partial charge is 0.369 e. The summed E-state index contributed by atoms with van der Waals surface area (Å²) in [6.07, 6.45) is 0. The number of amides is 1.